The summed E-state index contributed by atoms with van der Waals surface area (Å²) in [7, 11) is 3.22. The first-order chi connectivity index (χ1) is 9.32. The van der Waals surface area contributed by atoms with Crippen molar-refractivity contribution in [3.63, 3.8) is 0 Å². The molecule has 0 aromatic heterocycles. The number of rotatable bonds is 6. The third-order valence-corrected chi connectivity index (χ3v) is 2.48. The van der Waals surface area contributed by atoms with Gasteiger partial charge in [0.25, 0.3) is 5.69 Å². The lowest BCUT2D eigenvalue weighted by Crippen LogP contribution is -2.23. The molecular formula is C12H14N2O6. The third kappa shape index (κ3) is 3.94. The first-order valence-electron chi connectivity index (χ1n) is 5.67. The number of carboxylic acids is 1. The number of hydrogen-bond donors (Lipinski definition) is 1. The van der Waals surface area contributed by atoms with Gasteiger partial charge in [-0.15, -0.1) is 0 Å². The van der Waals surface area contributed by atoms with Crippen LogP contribution in [-0.4, -0.2) is 47.5 Å². The van der Waals surface area contributed by atoms with Crippen LogP contribution in [0.1, 0.15) is 16.8 Å². The molecule has 0 spiro atoms. The molecule has 0 aliphatic carbocycles. The number of carbonyl (C=O) groups excluding carboxylic acids is 1. The average Bonchev–Trinajstić information content (AvgIpc) is 2.37. The molecule has 8 nitrogen and oxygen atoms in total. The molecule has 0 radical (unpaired) electrons. The topological polar surface area (TPSA) is 110 Å². The maximum absolute atomic E-state index is 11.3. The van der Waals surface area contributed by atoms with E-state index >= 15 is 0 Å². The molecule has 1 aromatic rings. The van der Waals surface area contributed by atoms with Gasteiger partial charge in [0.15, 0.2) is 0 Å². The van der Waals surface area contributed by atoms with Crippen molar-refractivity contribution in [2.75, 3.05) is 20.7 Å². The molecule has 0 heterocycles. The van der Waals surface area contributed by atoms with Crippen molar-refractivity contribution in [2.24, 2.45) is 0 Å². The van der Waals surface area contributed by atoms with E-state index < -0.39 is 22.1 Å². The number of carbonyl (C=O) groups is 2. The molecule has 1 N–H and O–H groups in total. The van der Waals surface area contributed by atoms with E-state index in [9.17, 15) is 19.7 Å². The Balaban J connectivity index is 2.78. The van der Waals surface area contributed by atoms with E-state index in [4.69, 9.17) is 9.84 Å². The third-order valence-electron chi connectivity index (χ3n) is 2.48. The van der Waals surface area contributed by atoms with Gasteiger partial charge in [-0.05, 0) is 6.07 Å². The van der Waals surface area contributed by atoms with Crippen LogP contribution in [0.15, 0.2) is 18.2 Å². The van der Waals surface area contributed by atoms with Gasteiger partial charge in [-0.25, -0.2) is 4.79 Å². The van der Waals surface area contributed by atoms with Crippen LogP contribution in [0.25, 0.3) is 0 Å². The summed E-state index contributed by atoms with van der Waals surface area (Å²) < 4.78 is 5.22. The Morgan fingerprint density at radius 2 is 2.05 bits per heavy atom. The summed E-state index contributed by atoms with van der Waals surface area (Å²) in [6.07, 6.45) is 0.131. The van der Waals surface area contributed by atoms with Gasteiger partial charge in [0.2, 0.25) is 5.91 Å². The van der Waals surface area contributed by atoms with E-state index in [0.29, 0.717) is 0 Å². The molecule has 0 bridgehead atoms. The molecule has 1 aromatic carbocycles. The van der Waals surface area contributed by atoms with Crippen molar-refractivity contribution in [2.45, 2.75) is 6.42 Å². The lowest BCUT2D eigenvalue weighted by molar-refractivity contribution is -0.385. The maximum atomic E-state index is 11.3. The average molecular weight is 282 g/mol. The maximum Gasteiger partial charge on any atom is 0.342 e. The Hall–Kier alpha value is -2.64. The van der Waals surface area contributed by atoms with Crippen LogP contribution in [0.3, 0.4) is 0 Å². The van der Waals surface area contributed by atoms with Gasteiger partial charge in [0, 0.05) is 26.2 Å². The van der Waals surface area contributed by atoms with E-state index in [2.05, 4.69) is 0 Å². The molecule has 1 rings (SSSR count). The molecule has 0 aliphatic heterocycles. The Labute approximate surface area is 114 Å². The number of ether oxygens (including phenoxy) is 1. The van der Waals surface area contributed by atoms with Crippen LogP contribution < -0.4 is 4.74 Å². The number of benzene rings is 1. The highest BCUT2D eigenvalue weighted by Crippen LogP contribution is 2.24. The van der Waals surface area contributed by atoms with Gasteiger partial charge in [-0.3, -0.25) is 14.9 Å². The smallest absolute Gasteiger partial charge is 0.342 e. The number of nitro groups is 1. The summed E-state index contributed by atoms with van der Waals surface area (Å²) in [5, 5.41) is 19.6. The normalized spacial score (nSPS) is 9.90. The zero-order chi connectivity index (χ0) is 15.3. The van der Waals surface area contributed by atoms with Gasteiger partial charge in [0.05, 0.1) is 18.0 Å². The van der Waals surface area contributed by atoms with Gasteiger partial charge in [-0.1, -0.05) is 0 Å². The van der Waals surface area contributed by atoms with Crippen LogP contribution >= 0.6 is 0 Å². The molecule has 20 heavy (non-hydrogen) atoms. The quantitative estimate of drug-likeness (QED) is 0.619. The lowest BCUT2D eigenvalue weighted by atomic mass is 10.1. The van der Waals surface area contributed by atoms with Crippen molar-refractivity contribution < 1.29 is 24.4 Å². The number of aromatic carboxylic acids is 1. The van der Waals surface area contributed by atoms with Crippen LogP contribution in [0.4, 0.5) is 5.69 Å². The summed E-state index contributed by atoms with van der Waals surface area (Å²) in [4.78, 5) is 33.5. The summed E-state index contributed by atoms with van der Waals surface area (Å²) in [6, 6.07) is 3.43. The minimum absolute atomic E-state index is 0.0634. The Kier molecular flexibility index (Phi) is 5.01. The van der Waals surface area contributed by atoms with E-state index in [1.165, 1.54) is 11.0 Å². The zero-order valence-electron chi connectivity index (χ0n) is 11.0. The molecule has 108 valence electrons. The molecular weight excluding hydrogens is 268 g/mol. The van der Waals surface area contributed by atoms with E-state index in [-0.39, 0.29) is 24.7 Å². The Morgan fingerprint density at radius 3 is 2.55 bits per heavy atom. The monoisotopic (exact) mass is 282 g/mol. The van der Waals surface area contributed by atoms with Gasteiger partial charge >= 0.3 is 5.97 Å². The molecule has 0 aliphatic rings. The van der Waals surface area contributed by atoms with Crippen molar-refractivity contribution in [1.82, 2.24) is 4.90 Å². The summed E-state index contributed by atoms with van der Waals surface area (Å²) >= 11 is 0. The van der Waals surface area contributed by atoms with Crippen molar-refractivity contribution in [1.29, 1.82) is 0 Å². The SMILES string of the molecule is CN(C)C(=O)CCOc1ccc([N+](=O)[O-])c(C(=O)O)c1. The van der Waals surface area contributed by atoms with E-state index in [1.54, 1.807) is 14.1 Å². The molecule has 1 amide bonds. The highest BCUT2D eigenvalue weighted by molar-refractivity contribution is 5.92. The number of nitro benzene ring substituents is 1. The standard InChI is InChI=1S/C12H14N2O6/c1-13(2)11(15)5-6-20-8-3-4-10(14(18)19)9(7-8)12(16)17/h3-4,7H,5-6H2,1-2H3,(H,16,17). The van der Waals surface area contributed by atoms with Crippen molar-refractivity contribution in [3.8, 4) is 5.75 Å². The minimum atomic E-state index is -1.41. The first kappa shape index (κ1) is 15.4. The number of carboxylic acid groups (broad SMARTS) is 1. The first-order valence-corrected chi connectivity index (χ1v) is 5.67. The predicted molar refractivity (Wildman–Crippen MR) is 68.9 cm³/mol. The van der Waals surface area contributed by atoms with Gasteiger partial charge < -0.3 is 14.7 Å². The predicted octanol–water partition coefficient (Wildman–Crippen LogP) is 1.15. The van der Waals surface area contributed by atoms with Crippen molar-refractivity contribution >= 4 is 17.6 Å². The molecule has 0 unspecified atom stereocenters. The second-order valence-electron chi connectivity index (χ2n) is 4.13. The van der Waals surface area contributed by atoms with Crippen LogP contribution in [0, 0.1) is 10.1 Å². The highest BCUT2D eigenvalue weighted by Gasteiger charge is 2.20. The lowest BCUT2D eigenvalue weighted by Gasteiger charge is -2.11. The zero-order valence-corrected chi connectivity index (χ0v) is 11.0. The Bertz CT molecular complexity index is 541. The minimum Gasteiger partial charge on any atom is -0.493 e. The summed E-state index contributed by atoms with van der Waals surface area (Å²) in [5.41, 5.74) is -0.958. The number of nitrogens with zero attached hydrogens (tertiary/aromatic N) is 2. The Morgan fingerprint density at radius 1 is 1.40 bits per heavy atom. The molecule has 0 saturated carbocycles. The molecule has 8 heteroatoms. The number of hydrogen-bond acceptors (Lipinski definition) is 5. The highest BCUT2D eigenvalue weighted by atomic mass is 16.6. The molecule has 0 saturated heterocycles. The van der Waals surface area contributed by atoms with E-state index in [1.807, 2.05) is 0 Å². The van der Waals surface area contributed by atoms with E-state index in [0.717, 1.165) is 12.1 Å². The van der Waals surface area contributed by atoms with Gasteiger partial charge in [0.1, 0.15) is 11.3 Å². The fraction of sp³-hybridized carbons (Fsp3) is 0.333. The van der Waals surface area contributed by atoms with Crippen LogP contribution in [0.5, 0.6) is 5.75 Å². The second kappa shape index (κ2) is 6.50. The van der Waals surface area contributed by atoms with Crippen molar-refractivity contribution in [3.05, 3.63) is 33.9 Å². The van der Waals surface area contributed by atoms with Crippen LogP contribution in [-0.2, 0) is 4.79 Å². The molecule has 0 atom stereocenters. The van der Waals surface area contributed by atoms with Gasteiger partial charge in [-0.2, -0.15) is 0 Å². The fourth-order valence-corrected chi connectivity index (χ4v) is 1.42. The number of amides is 1. The fourth-order valence-electron chi connectivity index (χ4n) is 1.42. The molecule has 0 fully saturated rings. The largest absolute Gasteiger partial charge is 0.493 e. The second-order valence-corrected chi connectivity index (χ2v) is 4.13. The summed E-state index contributed by atoms with van der Waals surface area (Å²) in [5.74, 6) is -1.38. The van der Waals surface area contributed by atoms with Crippen LogP contribution in [0.2, 0.25) is 0 Å². The summed E-state index contributed by atoms with van der Waals surface area (Å²) in [6.45, 7) is 0.0634.